The second-order valence-corrected chi connectivity index (χ2v) is 5.31. The molecule has 3 nitrogen and oxygen atoms in total. The highest BCUT2D eigenvalue weighted by Crippen LogP contribution is 2.13. The predicted octanol–water partition coefficient (Wildman–Crippen LogP) is 4.06. The van der Waals surface area contributed by atoms with Gasteiger partial charge in [0.2, 0.25) is 0 Å². The third-order valence-electron chi connectivity index (χ3n) is 3.58. The van der Waals surface area contributed by atoms with Crippen LogP contribution in [0.2, 0.25) is 0 Å². The number of nitrogens with one attached hydrogen (secondary N) is 1. The Balaban J connectivity index is 2.61. The molecule has 0 aromatic heterocycles. The lowest BCUT2D eigenvalue weighted by Gasteiger charge is -2.18. The smallest absolute Gasteiger partial charge is 0.340 e. The van der Waals surface area contributed by atoms with E-state index >= 15 is 0 Å². The minimum Gasteiger partial charge on any atom is -0.465 e. The Bertz CT molecular complexity index is 448. The number of carbonyl (C=O) groups excluding carboxylic acids is 1. The summed E-state index contributed by atoms with van der Waals surface area (Å²) in [5.41, 5.74) is 0.829. The first kappa shape index (κ1) is 17.6. The molecular formula is C17H26FNO2. The minimum atomic E-state index is -0.640. The molecule has 0 aliphatic rings. The third kappa shape index (κ3) is 5.84. The average molecular weight is 295 g/mol. The highest BCUT2D eigenvalue weighted by atomic mass is 19.1. The van der Waals surface area contributed by atoms with Crippen molar-refractivity contribution < 1.29 is 13.9 Å². The number of rotatable bonds is 9. The van der Waals surface area contributed by atoms with Crippen molar-refractivity contribution in [2.75, 3.05) is 7.11 Å². The molecule has 0 saturated carbocycles. The lowest BCUT2D eigenvalue weighted by Crippen LogP contribution is -2.28. The van der Waals surface area contributed by atoms with E-state index in [1.165, 1.54) is 32.1 Å². The topological polar surface area (TPSA) is 38.3 Å². The number of benzene rings is 1. The van der Waals surface area contributed by atoms with Crippen molar-refractivity contribution in [1.82, 2.24) is 5.32 Å². The van der Waals surface area contributed by atoms with Crippen LogP contribution in [0.3, 0.4) is 0 Å². The summed E-state index contributed by atoms with van der Waals surface area (Å²) < 4.78 is 18.4. The lowest BCUT2D eigenvalue weighted by molar-refractivity contribution is 0.0595. The number of ether oxygens (including phenoxy) is 1. The van der Waals surface area contributed by atoms with Gasteiger partial charge in [0.1, 0.15) is 5.82 Å². The Hall–Kier alpha value is -1.42. The van der Waals surface area contributed by atoms with Gasteiger partial charge in [-0.1, -0.05) is 39.2 Å². The molecule has 0 aliphatic carbocycles. The van der Waals surface area contributed by atoms with Crippen LogP contribution in [-0.4, -0.2) is 19.1 Å². The Morgan fingerprint density at radius 2 is 2.05 bits per heavy atom. The van der Waals surface area contributed by atoms with Gasteiger partial charge in [0.25, 0.3) is 0 Å². The first-order valence-corrected chi connectivity index (χ1v) is 7.72. The van der Waals surface area contributed by atoms with Gasteiger partial charge < -0.3 is 10.1 Å². The SMILES string of the molecule is CCCCC(CCC)NCc1ccc(C(=O)OC)c(F)c1. The number of halogens is 1. The van der Waals surface area contributed by atoms with Crippen molar-refractivity contribution in [3.05, 3.63) is 35.1 Å². The van der Waals surface area contributed by atoms with Crippen molar-refractivity contribution in [3.63, 3.8) is 0 Å². The summed E-state index contributed by atoms with van der Waals surface area (Å²) in [6.07, 6.45) is 5.80. The molecule has 0 amide bonds. The number of esters is 1. The molecule has 1 N–H and O–H groups in total. The molecule has 0 aliphatic heterocycles. The summed E-state index contributed by atoms with van der Waals surface area (Å²) in [5, 5.41) is 3.48. The van der Waals surface area contributed by atoms with Crippen molar-refractivity contribution >= 4 is 5.97 Å². The quantitative estimate of drug-likeness (QED) is 0.698. The Morgan fingerprint density at radius 1 is 1.29 bits per heavy atom. The molecule has 1 aromatic rings. The van der Waals surface area contributed by atoms with Gasteiger partial charge in [-0.25, -0.2) is 9.18 Å². The zero-order valence-corrected chi connectivity index (χ0v) is 13.2. The monoisotopic (exact) mass is 295 g/mol. The molecule has 0 spiro atoms. The highest BCUT2D eigenvalue weighted by molar-refractivity contribution is 5.89. The maximum absolute atomic E-state index is 13.8. The van der Waals surface area contributed by atoms with Gasteiger partial charge in [-0.2, -0.15) is 0 Å². The summed E-state index contributed by atoms with van der Waals surface area (Å²) in [4.78, 5) is 11.3. The van der Waals surface area contributed by atoms with Gasteiger partial charge in [0, 0.05) is 12.6 Å². The molecule has 21 heavy (non-hydrogen) atoms. The maximum atomic E-state index is 13.8. The van der Waals surface area contributed by atoms with Crippen LogP contribution in [0, 0.1) is 5.82 Å². The first-order chi connectivity index (χ1) is 10.1. The van der Waals surface area contributed by atoms with Crippen LogP contribution in [0.5, 0.6) is 0 Å². The summed E-state index contributed by atoms with van der Waals surface area (Å²) >= 11 is 0. The summed E-state index contributed by atoms with van der Waals surface area (Å²) in [6.45, 7) is 4.97. The molecule has 1 rings (SSSR count). The second-order valence-electron chi connectivity index (χ2n) is 5.31. The van der Waals surface area contributed by atoms with E-state index < -0.39 is 11.8 Å². The van der Waals surface area contributed by atoms with E-state index in [4.69, 9.17) is 0 Å². The normalized spacial score (nSPS) is 12.2. The number of hydrogen-bond acceptors (Lipinski definition) is 3. The maximum Gasteiger partial charge on any atom is 0.340 e. The van der Waals surface area contributed by atoms with E-state index in [2.05, 4.69) is 23.9 Å². The van der Waals surface area contributed by atoms with Crippen molar-refractivity contribution in [3.8, 4) is 0 Å². The zero-order chi connectivity index (χ0) is 15.7. The fourth-order valence-corrected chi connectivity index (χ4v) is 2.35. The largest absolute Gasteiger partial charge is 0.465 e. The van der Waals surface area contributed by atoms with Crippen LogP contribution in [0.25, 0.3) is 0 Å². The molecule has 0 heterocycles. The predicted molar refractivity (Wildman–Crippen MR) is 82.8 cm³/mol. The van der Waals surface area contributed by atoms with E-state index in [-0.39, 0.29) is 5.56 Å². The van der Waals surface area contributed by atoms with Crippen molar-refractivity contribution in [2.24, 2.45) is 0 Å². The molecular weight excluding hydrogens is 269 g/mol. The molecule has 1 aromatic carbocycles. The standard InChI is InChI=1S/C17H26FNO2/c1-4-6-8-14(7-5-2)19-12-13-9-10-15(16(18)11-13)17(20)21-3/h9-11,14,19H,4-8,12H2,1-3H3. The van der Waals surface area contributed by atoms with Gasteiger partial charge in [0.15, 0.2) is 0 Å². The molecule has 0 bridgehead atoms. The van der Waals surface area contributed by atoms with Crippen LogP contribution in [-0.2, 0) is 11.3 Å². The van der Waals surface area contributed by atoms with Gasteiger partial charge in [-0.15, -0.1) is 0 Å². The van der Waals surface area contributed by atoms with Crippen LogP contribution < -0.4 is 5.32 Å². The fourth-order valence-electron chi connectivity index (χ4n) is 2.35. The molecule has 1 atom stereocenters. The Morgan fingerprint density at radius 3 is 2.62 bits per heavy atom. The summed E-state index contributed by atoms with van der Waals surface area (Å²) in [7, 11) is 1.25. The third-order valence-corrected chi connectivity index (χ3v) is 3.58. The van der Waals surface area contributed by atoms with Gasteiger partial charge >= 0.3 is 5.97 Å². The van der Waals surface area contributed by atoms with Crippen molar-refractivity contribution in [1.29, 1.82) is 0 Å². The molecule has 0 radical (unpaired) electrons. The average Bonchev–Trinajstić information content (AvgIpc) is 2.49. The number of methoxy groups -OCH3 is 1. The number of carbonyl (C=O) groups is 1. The highest BCUT2D eigenvalue weighted by Gasteiger charge is 2.13. The van der Waals surface area contributed by atoms with Gasteiger partial charge in [0.05, 0.1) is 12.7 Å². The van der Waals surface area contributed by atoms with Gasteiger partial charge in [-0.3, -0.25) is 0 Å². The van der Waals surface area contributed by atoms with Crippen LogP contribution in [0.1, 0.15) is 61.9 Å². The molecule has 0 fully saturated rings. The molecule has 4 heteroatoms. The Labute approximate surface area is 126 Å². The zero-order valence-electron chi connectivity index (χ0n) is 13.2. The van der Waals surface area contributed by atoms with E-state index in [0.29, 0.717) is 12.6 Å². The van der Waals surface area contributed by atoms with Crippen LogP contribution in [0.15, 0.2) is 18.2 Å². The van der Waals surface area contributed by atoms with E-state index in [0.717, 1.165) is 24.8 Å². The summed E-state index contributed by atoms with van der Waals surface area (Å²) in [6, 6.07) is 5.13. The van der Waals surface area contributed by atoms with Crippen LogP contribution in [0.4, 0.5) is 4.39 Å². The van der Waals surface area contributed by atoms with Crippen molar-refractivity contribution in [2.45, 2.75) is 58.5 Å². The van der Waals surface area contributed by atoms with E-state index in [1.54, 1.807) is 6.07 Å². The molecule has 1 unspecified atom stereocenters. The molecule has 118 valence electrons. The van der Waals surface area contributed by atoms with Crippen LogP contribution >= 0.6 is 0 Å². The fraction of sp³-hybridized carbons (Fsp3) is 0.588. The second kappa shape index (κ2) is 9.50. The number of unbranched alkanes of at least 4 members (excludes halogenated alkanes) is 1. The van der Waals surface area contributed by atoms with E-state index in [9.17, 15) is 9.18 Å². The molecule has 0 saturated heterocycles. The lowest BCUT2D eigenvalue weighted by atomic mass is 10.0. The minimum absolute atomic E-state index is 0.0164. The first-order valence-electron chi connectivity index (χ1n) is 7.72. The Kier molecular flexibility index (Phi) is 7.98. The van der Waals surface area contributed by atoms with Gasteiger partial charge in [-0.05, 0) is 30.5 Å². The number of hydrogen-bond donors (Lipinski definition) is 1. The van der Waals surface area contributed by atoms with E-state index in [1.807, 2.05) is 0 Å². The summed E-state index contributed by atoms with van der Waals surface area (Å²) in [5.74, 6) is -1.17.